The van der Waals surface area contributed by atoms with Crippen LogP contribution < -0.4 is 5.32 Å². The van der Waals surface area contributed by atoms with Crippen LogP contribution in [-0.4, -0.2) is 23.1 Å². The summed E-state index contributed by atoms with van der Waals surface area (Å²) in [5.74, 6) is -0.652. The second-order valence-electron chi connectivity index (χ2n) is 8.61. The van der Waals surface area contributed by atoms with E-state index in [0.29, 0.717) is 5.92 Å². The monoisotopic (exact) mass is 449 g/mol. The number of anilines is 1. The summed E-state index contributed by atoms with van der Waals surface area (Å²) in [6, 6.07) is 9.78. The fourth-order valence-electron chi connectivity index (χ4n) is 3.79. The summed E-state index contributed by atoms with van der Waals surface area (Å²) < 4.78 is 7.35. The summed E-state index contributed by atoms with van der Waals surface area (Å²) in [5.41, 5.74) is 5.57. The van der Waals surface area contributed by atoms with Crippen molar-refractivity contribution in [3.8, 4) is 6.07 Å². The van der Waals surface area contributed by atoms with Gasteiger partial charge in [0.05, 0.1) is 0 Å². The molecule has 6 heteroatoms. The third-order valence-electron chi connectivity index (χ3n) is 5.78. The fraction of sp³-hybridized carbons (Fsp3) is 0.444. The van der Waals surface area contributed by atoms with Gasteiger partial charge in [0.1, 0.15) is 11.6 Å². The molecular formula is C27H35N3O3. The molecule has 0 fully saturated rings. The SMILES string of the molecule is CCc1cccc(CC)c1NC(=O)COC(=O)/C(C#N)=C/c1cc(C)n(CCC(C)C)c1C. The highest BCUT2D eigenvalue weighted by molar-refractivity contribution is 6.00. The van der Waals surface area contributed by atoms with Gasteiger partial charge in [-0.25, -0.2) is 4.79 Å². The molecule has 1 aromatic heterocycles. The maximum atomic E-state index is 12.5. The minimum atomic E-state index is -0.806. The largest absolute Gasteiger partial charge is 0.451 e. The number of carbonyl (C=O) groups is 2. The Morgan fingerprint density at radius 2 is 1.82 bits per heavy atom. The molecule has 1 heterocycles. The van der Waals surface area contributed by atoms with Crippen molar-refractivity contribution < 1.29 is 14.3 Å². The molecule has 1 N–H and O–H groups in total. The zero-order chi connectivity index (χ0) is 24.5. The first-order valence-corrected chi connectivity index (χ1v) is 11.6. The maximum Gasteiger partial charge on any atom is 0.349 e. The highest BCUT2D eigenvalue weighted by Gasteiger charge is 2.17. The molecule has 6 nitrogen and oxygen atoms in total. The Bertz CT molecular complexity index is 1050. The Balaban J connectivity index is 2.09. The molecule has 0 atom stereocenters. The molecule has 2 aromatic rings. The van der Waals surface area contributed by atoms with Crippen molar-refractivity contribution >= 4 is 23.6 Å². The van der Waals surface area contributed by atoms with E-state index in [0.717, 1.165) is 59.6 Å². The minimum Gasteiger partial charge on any atom is -0.451 e. The number of hydrogen-bond acceptors (Lipinski definition) is 4. The van der Waals surface area contributed by atoms with E-state index in [2.05, 4.69) is 23.7 Å². The maximum absolute atomic E-state index is 12.5. The average molecular weight is 450 g/mol. The predicted octanol–water partition coefficient (Wildman–Crippen LogP) is 5.36. The number of amides is 1. The van der Waals surface area contributed by atoms with Crippen LogP contribution in [-0.2, 0) is 33.7 Å². The second kappa shape index (κ2) is 12.1. The highest BCUT2D eigenvalue weighted by atomic mass is 16.5. The first-order chi connectivity index (χ1) is 15.7. The van der Waals surface area contributed by atoms with Gasteiger partial charge in [-0.3, -0.25) is 4.79 Å². The lowest BCUT2D eigenvalue weighted by Crippen LogP contribution is -2.22. The smallest absolute Gasteiger partial charge is 0.349 e. The van der Waals surface area contributed by atoms with Crippen molar-refractivity contribution in [2.75, 3.05) is 11.9 Å². The van der Waals surface area contributed by atoms with Gasteiger partial charge < -0.3 is 14.6 Å². The van der Waals surface area contributed by atoms with E-state index >= 15 is 0 Å². The molecule has 0 aliphatic rings. The van der Waals surface area contributed by atoms with Gasteiger partial charge in [-0.1, -0.05) is 45.9 Å². The summed E-state index contributed by atoms with van der Waals surface area (Å²) in [4.78, 5) is 25.0. The quantitative estimate of drug-likeness (QED) is 0.300. The van der Waals surface area contributed by atoms with Gasteiger partial charge in [0.15, 0.2) is 6.61 Å². The normalized spacial score (nSPS) is 11.4. The number of nitrogens with zero attached hydrogens (tertiary/aromatic N) is 2. The van der Waals surface area contributed by atoms with Gasteiger partial charge in [-0.2, -0.15) is 5.26 Å². The standard InChI is InChI=1S/C27H35N3O3/c1-7-21-10-9-11-22(8-2)26(21)29-25(31)17-33-27(32)24(16-28)15-23-14-19(5)30(20(23)6)13-12-18(3)4/h9-11,14-15,18H,7-8,12-13,17H2,1-6H3,(H,29,31)/b24-15+. The summed E-state index contributed by atoms with van der Waals surface area (Å²) in [7, 11) is 0. The molecule has 33 heavy (non-hydrogen) atoms. The molecule has 0 spiro atoms. The number of aryl methyl sites for hydroxylation is 3. The van der Waals surface area contributed by atoms with Gasteiger partial charge in [0.2, 0.25) is 0 Å². The van der Waals surface area contributed by atoms with Crippen LogP contribution in [0.15, 0.2) is 29.8 Å². The van der Waals surface area contributed by atoms with Crippen molar-refractivity contribution in [1.82, 2.24) is 4.57 Å². The van der Waals surface area contributed by atoms with E-state index in [9.17, 15) is 14.9 Å². The molecule has 0 aliphatic carbocycles. The molecule has 2 rings (SSSR count). The Morgan fingerprint density at radius 1 is 1.18 bits per heavy atom. The predicted molar refractivity (Wildman–Crippen MR) is 132 cm³/mol. The van der Waals surface area contributed by atoms with Crippen LogP contribution >= 0.6 is 0 Å². The molecule has 0 saturated heterocycles. The van der Waals surface area contributed by atoms with Gasteiger partial charge in [-0.15, -0.1) is 0 Å². The Kier molecular flexibility index (Phi) is 9.47. The Labute approximate surface area is 197 Å². The van der Waals surface area contributed by atoms with Crippen LogP contribution in [0.25, 0.3) is 6.08 Å². The molecule has 0 bridgehead atoms. The number of ether oxygens (including phenoxy) is 1. The summed E-state index contributed by atoms with van der Waals surface area (Å²) >= 11 is 0. The Morgan fingerprint density at radius 3 is 2.36 bits per heavy atom. The number of nitriles is 1. The van der Waals surface area contributed by atoms with Crippen LogP contribution in [0.5, 0.6) is 0 Å². The third kappa shape index (κ3) is 6.82. The van der Waals surface area contributed by atoms with E-state index in [-0.39, 0.29) is 5.57 Å². The fourth-order valence-corrected chi connectivity index (χ4v) is 3.79. The van der Waals surface area contributed by atoms with E-state index < -0.39 is 18.5 Å². The van der Waals surface area contributed by atoms with Gasteiger partial charge in [-0.05, 0) is 67.9 Å². The molecule has 0 saturated carbocycles. The number of para-hydroxylation sites is 1. The summed E-state index contributed by atoms with van der Waals surface area (Å²) in [5, 5.41) is 12.4. The zero-order valence-electron chi connectivity index (χ0n) is 20.6. The molecule has 176 valence electrons. The van der Waals surface area contributed by atoms with Crippen LogP contribution in [0, 0.1) is 31.1 Å². The number of aromatic nitrogens is 1. The molecule has 0 radical (unpaired) electrons. The number of nitrogens with one attached hydrogen (secondary N) is 1. The third-order valence-corrected chi connectivity index (χ3v) is 5.78. The van der Waals surface area contributed by atoms with Crippen molar-refractivity contribution in [3.63, 3.8) is 0 Å². The summed E-state index contributed by atoms with van der Waals surface area (Å²) in [6.07, 6.45) is 4.14. The molecule has 0 unspecified atom stereocenters. The van der Waals surface area contributed by atoms with Crippen molar-refractivity contribution in [2.45, 2.75) is 67.3 Å². The lowest BCUT2D eigenvalue weighted by Gasteiger charge is -2.14. The zero-order valence-corrected chi connectivity index (χ0v) is 20.6. The van der Waals surface area contributed by atoms with Crippen LogP contribution in [0.2, 0.25) is 0 Å². The number of carbonyl (C=O) groups excluding carboxylic acids is 2. The first kappa shape index (κ1) is 25.9. The number of rotatable bonds is 10. The van der Waals surface area contributed by atoms with Gasteiger partial charge in [0, 0.05) is 23.6 Å². The molecule has 1 amide bonds. The van der Waals surface area contributed by atoms with E-state index in [1.807, 2.05) is 58.0 Å². The summed E-state index contributed by atoms with van der Waals surface area (Å²) in [6.45, 7) is 12.8. The number of esters is 1. The lowest BCUT2D eigenvalue weighted by molar-refractivity contribution is -0.142. The van der Waals surface area contributed by atoms with Crippen LogP contribution in [0.1, 0.15) is 62.2 Å². The number of hydrogen-bond donors (Lipinski definition) is 1. The van der Waals surface area contributed by atoms with Crippen LogP contribution in [0.3, 0.4) is 0 Å². The first-order valence-electron chi connectivity index (χ1n) is 11.6. The minimum absolute atomic E-state index is 0.130. The highest BCUT2D eigenvalue weighted by Crippen LogP contribution is 2.23. The van der Waals surface area contributed by atoms with E-state index in [4.69, 9.17) is 4.74 Å². The van der Waals surface area contributed by atoms with Crippen molar-refractivity contribution in [2.24, 2.45) is 5.92 Å². The molecule has 1 aromatic carbocycles. The van der Waals surface area contributed by atoms with Crippen molar-refractivity contribution in [1.29, 1.82) is 5.26 Å². The van der Waals surface area contributed by atoms with Crippen molar-refractivity contribution in [3.05, 3.63) is 57.9 Å². The second-order valence-corrected chi connectivity index (χ2v) is 8.61. The van der Waals surface area contributed by atoms with Gasteiger partial charge >= 0.3 is 5.97 Å². The van der Waals surface area contributed by atoms with E-state index in [1.54, 1.807) is 0 Å². The molecular weight excluding hydrogens is 414 g/mol. The van der Waals surface area contributed by atoms with E-state index in [1.165, 1.54) is 6.08 Å². The number of benzene rings is 1. The van der Waals surface area contributed by atoms with Gasteiger partial charge in [0.25, 0.3) is 5.91 Å². The van der Waals surface area contributed by atoms with Crippen LogP contribution in [0.4, 0.5) is 5.69 Å². The lowest BCUT2D eigenvalue weighted by atomic mass is 10.0. The Hall–Kier alpha value is -3.33. The molecule has 0 aliphatic heterocycles. The average Bonchev–Trinajstić information content (AvgIpc) is 3.06. The topological polar surface area (TPSA) is 84.1 Å².